The molecule has 174 valence electrons. The lowest BCUT2D eigenvalue weighted by molar-refractivity contribution is -0.384. The Balaban J connectivity index is 1.81. The Hall–Kier alpha value is -3.24. The molecule has 0 aliphatic carbocycles. The Labute approximate surface area is 191 Å². The van der Waals surface area contributed by atoms with Gasteiger partial charge in [0.05, 0.1) is 16.9 Å². The third-order valence-electron chi connectivity index (χ3n) is 6.37. The van der Waals surface area contributed by atoms with Crippen LogP contribution in [0.3, 0.4) is 0 Å². The zero-order valence-electron chi connectivity index (χ0n) is 18.4. The number of nitro benzene ring substituents is 1. The van der Waals surface area contributed by atoms with Crippen LogP contribution >= 0.6 is 0 Å². The van der Waals surface area contributed by atoms with Crippen molar-refractivity contribution < 1.29 is 27.6 Å². The van der Waals surface area contributed by atoms with Crippen molar-refractivity contribution in [2.75, 3.05) is 13.7 Å². The fraction of sp³-hybridized carbons (Fsp3) is 0.348. The van der Waals surface area contributed by atoms with E-state index in [0.29, 0.717) is 12.0 Å². The first-order chi connectivity index (χ1) is 15.6. The van der Waals surface area contributed by atoms with Crippen LogP contribution in [0.15, 0.2) is 65.3 Å². The Kier molecular flexibility index (Phi) is 5.75. The van der Waals surface area contributed by atoms with E-state index in [2.05, 4.69) is 0 Å². The third kappa shape index (κ3) is 3.89. The zero-order chi connectivity index (χ0) is 24.0. The topological polar surface area (TPSA) is 116 Å². The normalized spacial score (nSPS) is 25.0. The number of benzene rings is 2. The van der Waals surface area contributed by atoms with E-state index in [-0.39, 0.29) is 28.8 Å². The minimum atomic E-state index is -3.95. The summed E-state index contributed by atoms with van der Waals surface area (Å²) in [5.74, 6) is -1.74. The van der Waals surface area contributed by atoms with Crippen LogP contribution in [0, 0.1) is 23.0 Å². The van der Waals surface area contributed by atoms with E-state index in [1.807, 2.05) is 6.92 Å². The average molecular weight is 473 g/mol. The molecule has 2 aromatic carbocycles. The fourth-order valence-electron chi connectivity index (χ4n) is 4.69. The smallest absolute Gasteiger partial charge is 0.373 e. The van der Waals surface area contributed by atoms with Gasteiger partial charge in [0.15, 0.2) is 5.72 Å². The lowest BCUT2D eigenvalue weighted by Crippen LogP contribution is -2.53. The van der Waals surface area contributed by atoms with Gasteiger partial charge in [-0.3, -0.25) is 10.1 Å². The molecular weight excluding hydrogens is 448 g/mol. The molecule has 2 aliphatic heterocycles. The number of sulfonamides is 1. The predicted molar refractivity (Wildman–Crippen MR) is 119 cm³/mol. The van der Waals surface area contributed by atoms with E-state index in [1.165, 1.54) is 23.5 Å². The lowest BCUT2D eigenvalue weighted by atomic mass is 9.78. The van der Waals surface area contributed by atoms with Crippen molar-refractivity contribution in [1.82, 2.24) is 4.31 Å². The third-order valence-corrected chi connectivity index (χ3v) is 8.36. The van der Waals surface area contributed by atoms with Gasteiger partial charge in [0.2, 0.25) is 15.8 Å². The first-order valence-corrected chi connectivity index (χ1v) is 11.8. The van der Waals surface area contributed by atoms with Crippen molar-refractivity contribution in [3.8, 4) is 0 Å². The highest BCUT2D eigenvalue weighted by Gasteiger charge is 2.58. The van der Waals surface area contributed by atoms with Gasteiger partial charge in [-0.25, -0.2) is 13.2 Å². The number of fused-ring (bicyclic) bond motifs is 1. The number of esters is 1. The average Bonchev–Trinajstić information content (AvgIpc) is 3.15. The van der Waals surface area contributed by atoms with E-state index < -0.39 is 32.6 Å². The van der Waals surface area contributed by atoms with E-state index in [9.17, 15) is 23.3 Å². The van der Waals surface area contributed by atoms with Crippen LogP contribution in [0.1, 0.15) is 30.4 Å². The SMILES string of the molecule is COC(=O)C1=C[C@H](c2cccc([N+](=O)[O-])c2)[C@@H]2CCN(S(=O)(=O)c3ccc(C)cc3)[C@]2(C)O1. The molecule has 0 amide bonds. The predicted octanol–water partition coefficient (Wildman–Crippen LogP) is 3.50. The Morgan fingerprint density at radius 3 is 2.58 bits per heavy atom. The van der Waals surface area contributed by atoms with Crippen molar-refractivity contribution in [2.45, 2.75) is 36.8 Å². The molecule has 4 rings (SSSR count). The van der Waals surface area contributed by atoms with Crippen molar-refractivity contribution >= 4 is 21.7 Å². The summed E-state index contributed by atoms with van der Waals surface area (Å²) in [6.45, 7) is 3.67. The van der Waals surface area contributed by atoms with E-state index >= 15 is 0 Å². The molecule has 2 heterocycles. The van der Waals surface area contributed by atoms with E-state index in [1.54, 1.807) is 49.4 Å². The van der Waals surface area contributed by atoms with Gasteiger partial charge < -0.3 is 9.47 Å². The summed E-state index contributed by atoms with van der Waals surface area (Å²) in [4.78, 5) is 23.4. The molecular formula is C23H24N2O7S. The second-order valence-electron chi connectivity index (χ2n) is 8.34. The zero-order valence-corrected chi connectivity index (χ0v) is 19.2. The highest BCUT2D eigenvalue weighted by atomic mass is 32.2. The number of nitrogens with zero attached hydrogens (tertiary/aromatic N) is 2. The van der Waals surface area contributed by atoms with Crippen LogP contribution in [-0.4, -0.2) is 43.0 Å². The number of rotatable bonds is 5. The van der Waals surface area contributed by atoms with Crippen LogP contribution < -0.4 is 0 Å². The molecule has 2 aromatic rings. The summed E-state index contributed by atoms with van der Waals surface area (Å²) in [7, 11) is -2.74. The van der Waals surface area contributed by atoms with Crippen molar-refractivity contribution in [1.29, 1.82) is 0 Å². The number of non-ortho nitro benzene ring substituents is 1. The van der Waals surface area contributed by atoms with Gasteiger partial charge in [-0.05, 0) is 44.0 Å². The number of allylic oxidation sites excluding steroid dienone is 1. The maximum atomic E-state index is 13.6. The molecule has 0 N–H and O–H groups in total. The number of methoxy groups -OCH3 is 1. The number of nitro groups is 1. The molecule has 2 aliphatic rings. The molecule has 9 nitrogen and oxygen atoms in total. The minimum Gasteiger partial charge on any atom is -0.464 e. The molecule has 0 spiro atoms. The molecule has 1 fully saturated rings. The van der Waals surface area contributed by atoms with Crippen LogP contribution in [0.5, 0.6) is 0 Å². The molecule has 0 aromatic heterocycles. The van der Waals surface area contributed by atoms with E-state index in [4.69, 9.17) is 9.47 Å². The van der Waals surface area contributed by atoms with Gasteiger partial charge in [-0.15, -0.1) is 0 Å². The van der Waals surface area contributed by atoms with Gasteiger partial charge in [0, 0.05) is 30.5 Å². The second kappa shape index (κ2) is 8.27. The monoisotopic (exact) mass is 472 g/mol. The highest BCUT2D eigenvalue weighted by Crippen LogP contribution is 2.51. The summed E-state index contributed by atoms with van der Waals surface area (Å²) in [5, 5.41) is 11.3. The van der Waals surface area contributed by atoms with Crippen molar-refractivity contribution in [3.63, 3.8) is 0 Å². The standard InChI is InChI=1S/C23H24N2O7S/c1-15-7-9-18(10-8-15)33(29,30)24-12-11-20-19(16-5-4-6-17(13-16)25(27)28)14-21(22(26)31-3)32-23(20,24)2/h4-10,13-14,19-20H,11-12H2,1-3H3/t19-,20+,23-/m1/s1. The first-order valence-electron chi connectivity index (χ1n) is 10.4. The Bertz CT molecular complexity index is 1240. The van der Waals surface area contributed by atoms with Crippen molar-refractivity contribution in [3.05, 3.63) is 81.6 Å². The second-order valence-corrected chi connectivity index (χ2v) is 10.2. The molecule has 0 bridgehead atoms. The maximum absolute atomic E-state index is 13.6. The Morgan fingerprint density at radius 1 is 1.24 bits per heavy atom. The molecule has 33 heavy (non-hydrogen) atoms. The summed E-state index contributed by atoms with van der Waals surface area (Å²) in [6.07, 6.45) is 2.01. The van der Waals surface area contributed by atoms with Crippen LogP contribution in [0.2, 0.25) is 0 Å². The van der Waals surface area contributed by atoms with Crippen LogP contribution in [0.4, 0.5) is 5.69 Å². The number of hydrogen-bond acceptors (Lipinski definition) is 7. The van der Waals surface area contributed by atoms with E-state index in [0.717, 1.165) is 5.56 Å². The first kappa shape index (κ1) is 22.9. The molecule has 3 atom stereocenters. The number of aryl methyl sites for hydroxylation is 1. The minimum absolute atomic E-state index is 0.0872. The molecule has 1 saturated heterocycles. The lowest BCUT2D eigenvalue weighted by Gasteiger charge is -2.44. The molecule has 10 heteroatoms. The molecule has 0 radical (unpaired) electrons. The fourth-order valence-corrected chi connectivity index (χ4v) is 6.42. The molecule has 0 saturated carbocycles. The summed E-state index contributed by atoms with van der Waals surface area (Å²) in [5.41, 5.74) is 0.0441. The van der Waals surface area contributed by atoms with Gasteiger partial charge in [0.25, 0.3) is 5.69 Å². The maximum Gasteiger partial charge on any atom is 0.373 e. The Morgan fingerprint density at radius 2 is 1.94 bits per heavy atom. The quantitative estimate of drug-likeness (QED) is 0.371. The van der Waals surface area contributed by atoms with Gasteiger partial charge in [-0.2, -0.15) is 4.31 Å². The van der Waals surface area contributed by atoms with Gasteiger partial charge >= 0.3 is 5.97 Å². The molecule has 0 unspecified atom stereocenters. The number of carbonyl (C=O) groups excluding carboxylic acids is 1. The highest BCUT2D eigenvalue weighted by molar-refractivity contribution is 7.89. The van der Waals surface area contributed by atoms with Crippen LogP contribution in [-0.2, 0) is 24.3 Å². The van der Waals surface area contributed by atoms with Gasteiger partial charge in [-0.1, -0.05) is 29.8 Å². The van der Waals surface area contributed by atoms with Crippen molar-refractivity contribution in [2.24, 2.45) is 5.92 Å². The largest absolute Gasteiger partial charge is 0.464 e. The summed E-state index contributed by atoms with van der Waals surface area (Å²) < 4.78 is 39.3. The van der Waals surface area contributed by atoms with Crippen LogP contribution in [0.25, 0.3) is 0 Å². The number of hydrogen-bond donors (Lipinski definition) is 0. The summed E-state index contributed by atoms with van der Waals surface area (Å²) in [6, 6.07) is 12.6. The number of ether oxygens (including phenoxy) is 2. The summed E-state index contributed by atoms with van der Waals surface area (Å²) >= 11 is 0. The number of carbonyl (C=O) groups is 1. The van der Waals surface area contributed by atoms with Gasteiger partial charge in [0.1, 0.15) is 0 Å².